The van der Waals surface area contributed by atoms with Crippen molar-refractivity contribution in [2.45, 2.75) is 182 Å². The lowest BCUT2D eigenvalue weighted by Gasteiger charge is -2.13. The molecule has 0 unspecified atom stereocenters. The average Bonchev–Trinajstić information content (AvgIpc) is 3.11. The van der Waals surface area contributed by atoms with Gasteiger partial charge in [-0.05, 0) is 98.6 Å². The molecule has 2 amide bonds. The largest absolute Gasteiger partial charge is 0.412 e. The van der Waals surface area contributed by atoms with Gasteiger partial charge in [-0.3, -0.25) is 0 Å². The van der Waals surface area contributed by atoms with Crippen LogP contribution in [0.1, 0.15) is 178 Å². The van der Waals surface area contributed by atoms with Crippen LogP contribution in [0.15, 0.2) is 36.4 Å². The van der Waals surface area contributed by atoms with Crippen LogP contribution in [0.3, 0.4) is 0 Å². The molecule has 6 nitrogen and oxygen atoms in total. The van der Waals surface area contributed by atoms with E-state index in [1.54, 1.807) is 0 Å². The normalized spacial score (nSPS) is 11.0. The minimum Gasteiger partial charge on any atom is -0.410 e. The molecule has 2 aromatic rings. The Labute approximate surface area is 306 Å². The molecule has 0 radical (unpaired) electrons. The van der Waals surface area contributed by atoms with Crippen LogP contribution in [0.5, 0.6) is 11.5 Å². The van der Waals surface area contributed by atoms with Crippen molar-refractivity contribution in [3.05, 3.63) is 58.7 Å². The van der Waals surface area contributed by atoms with E-state index in [2.05, 4.69) is 62.6 Å². The Hall–Kier alpha value is -3.02. The molecular formula is C44H72N2O4. The average molecular weight is 693 g/mol. The molecule has 0 spiro atoms. The number of nitrogens with one attached hydrogen (secondary N) is 2. The van der Waals surface area contributed by atoms with Crippen LogP contribution in [0, 0.1) is 0 Å². The fraction of sp³-hybridized carbons (Fsp3) is 0.682. The number of benzene rings is 2. The number of carbonyl (C=O) groups is 2. The molecule has 282 valence electrons. The van der Waals surface area contributed by atoms with Gasteiger partial charge in [-0.25, -0.2) is 9.59 Å². The molecule has 0 fully saturated rings. The molecule has 0 aliphatic rings. The molecule has 2 rings (SSSR count). The van der Waals surface area contributed by atoms with E-state index >= 15 is 0 Å². The summed E-state index contributed by atoms with van der Waals surface area (Å²) in [5, 5.41) is 5.86. The van der Waals surface area contributed by atoms with Crippen molar-refractivity contribution >= 4 is 12.2 Å². The second-order valence-electron chi connectivity index (χ2n) is 14.2. The number of amides is 2. The summed E-state index contributed by atoms with van der Waals surface area (Å²) in [6.07, 6.45) is 26.5. The molecular weight excluding hydrogens is 620 g/mol. The van der Waals surface area contributed by atoms with Crippen molar-refractivity contribution in [3.8, 4) is 11.5 Å². The Bertz CT molecular complexity index is 1090. The first kappa shape index (κ1) is 43.1. The number of hydrogen-bond acceptors (Lipinski definition) is 4. The second-order valence-corrected chi connectivity index (χ2v) is 14.2. The van der Waals surface area contributed by atoms with Gasteiger partial charge in [-0.2, -0.15) is 0 Å². The summed E-state index contributed by atoms with van der Waals surface area (Å²) >= 11 is 0. The summed E-state index contributed by atoms with van der Waals surface area (Å²) in [5.41, 5.74) is 4.97. The SMILES string of the molecule is CCCCCCc1ccc(OC(=O)NCCCCCCNC(=O)Oc2ccc(CCCCCC)cc2CCCCCC)c(CCCCCC)c1. The molecule has 0 saturated carbocycles. The number of carbonyl (C=O) groups excluding carboxylic acids is 2. The van der Waals surface area contributed by atoms with Crippen molar-refractivity contribution in [1.29, 1.82) is 0 Å². The van der Waals surface area contributed by atoms with Gasteiger partial charge in [0.1, 0.15) is 11.5 Å². The minimum absolute atomic E-state index is 0.380. The highest BCUT2D eigenvalue weighted by Gasteiger charge is 2.12. The third-order valence-corrected chi connectivity index (χ3v) is 9.53. The van der Waals surface area contributed by atoms with Gasteiger partial charge in [0, 0.05) is 13.1 Å². The van der Waals surface area contributed by atoms with Crippen LogP contribution in [-0.2, 0) is 25.7 Å². The highest BCUT2D eigenvalue weighted by molar-refractivity contribution is 5.71. The zero-order valence-corrected chi connectivity index (χ0v) is 32.5. The number of ether oxygens (including phenoxy) is 2. The van der Waals surface area contributed by atoms with Gasteiger partial charge in [0.05, 0.1) is 0 Å². The summed E-state index contributed by atoms with van der Waals surface area (Å²) in [5.74, 6) is 1.38. The van der Waals surface area contributed by atoms with E-state index < -0.39 is 0 Å². The van der Waals surface area contributed by atoms with E-state index in [0.29, 0.717) is 24.6 Å². The van der Waals surface area contributed by atoms with Crippen molar-refractivity contribution in [3.63, 3.8) is 0 Å². The summed E-state index contributed by atoms with van der Waals surface area (Å²) in [6, 6.07) is 12.7. The molecule has 0 atom stereocenters. The van der Waals surface area contributed by atoms with Crippen LogP contribution in [-0.4, -0.2) is 25.3 Å². The Morgan fingerprint density at radius 1 is 0.440 bits per heavy atom. The Balaban J connectivity index is 1.70. The quantitative estimate of drug-likeness (QED) is 0.0832. The Morgan fingerprint density at radius 2 is 0.780 bits per heavy atom. The van der Waals surface area contributed by atoms with Gasteiger partial charge >= 0.3 is 12.2 Å². The number of hydrogen-bond donors (Lipinski definition) is 2. The van der Waals surface area contributed by atoms with Crippen LogP contribution in [0.2, 0.25) is 0 Å². The molecule has 6 heteroatoms. The van der Waals surface area contributed by atoms with Crippen molar-refractivity contribution in [2.75, 3.05) is 13.1 Å². The zero-order chi connectivity index (χ0) is 36.1. The summed E-state index contributed by atoms with van der Waals surface area (Å²) in [7, 11) is 0. The number of rotatable bonds is 29. The fourth-order valence-electron chi connectivity index (χ4n) is 6.42. The van der Waals surface area contributed by atoms with E-state index in [9.17, 15) is 9.59 Å². The smallest absolute Gasteiger partial charge is 0.410 e. The van der Waals surface area contributed by atoms with Gasteiger partial charge in [-0.15, -0.1) is 0 Å². The van der Waals surface area contributed by atoms with Crippen molar-refractivity contribution < 1.29 is 19.1 Å². The molecule has 0 aliphatic heterocycles. The zero-order valence-electron chi connectivity index (χ0n) is 32.5. The molecule has 0 heterocycles. The molecule has 0 aromatic heterocycles. The maximum atomic E-state index is 12.6. The lowest BCUT2D eigenvalue weighted by atomic mass is 9.99. The molecule has 0 bridgehead atoms. The summed E-state index contributed by atoms with van der Waals surface area (Å²) in [4.78, 5) is 25.3. The maximum absolute atomic E-state index is 12.6. The molecule has 50 heavy (non-hydrogen) atoms. The first-order valence-corrected chi connectivity index (χ1v) is 20.7. The lowest BCUT2D eigenvalue weighted by molar-refractivity contribution is 0.198. The van der Waals surface area contributed by atoms with E-state index in [4.69, 9.17) is 9.47 Å². The van der Waals surface area contributed by atoms with E-state index in [1.807, 2.05) is 12.1 Å². The predicted octanol–water partition coefficient (Wildman–Crippen LogP) is 12.6. The number of unbranched alkanes of at least 4 members (excludes halogenated alkanes) is 15. The Morgan fingerprint density at radius 3 is 1.14 bits per heavy atom. The first-order chi connectivity index (χ1) is 24.5. The minimum atomic E-state index is -0.380. The lowest BCUT2D eigenvalue weighted by Crippen LogP contribution is -2.28. The van der Waals surface area contributed by atoms with E-state index in [0.717, 1.165) is 75.3 Å². The standard InChI is InChI=1S/C44H72N2O4/c1-5-9-13-19-25-37-29-31-41(39(35-37)27-21-15-11-7-3)49-43(47)45-33-23-17-18-24-34-46-44(48)50-42-32-30-38(26-20-14-10-6-2)36-40(42)28-22-16-12-8-4/h29-32,35-36H,5-28,33-34H2,1-4H3,(H,45,47)(H,46,48). The van der Waals surface area contributed by atoms with Gasteiger partial charge in [0.25, 0.3) is 0 Å². The van der Waals surface area contributed by atoms with Crippen LogP contribution in [0.4, 0.5) is 9.59 Å². The third-order valence-electron chi connectivity index (χ3n) is 9.53. The third kappa shape index (κ3) is 20.0. The highest BCUT2D eigenvalue weighted by atomic mass is 16.6. The fourth-order valence-corrected chi connectivity index (χ4v) is 6.42. The molecule has 2 aromatic carbocycles. The first-order valence-electron chi connectivity index (χ1n) is 20.7. The van der Waals surface area contributed by atoms with Crippen LogP contribution in [0.25, 0.3) is 0 Å². The summed E-state index contributed by atoms with van der Waals surface area (Å²) in [6.45, 7) is 10.1. The topological polar surface area (TPSA) is 76.7 Å². The van der Waals surface area contributed by atoms with Gasteiger partial charge < -0.3 is 20.1 Å². The van der Waals surface area contributed by atoms with Crippen molar-refractivity contribution in [2.24, 2.45) is 0 Å². The van der Waals surface area contributed by atoms with E-state index in [-0.39, 0.29) is 12.2 Å². The van der Waals surface area contributed by atoms with E-state index in [1.165, 1.54) is 101 Å². The van der Waals surface area contributed by atoms with Crippen LogP contribution < -0.4 is 20.1 Å². The Kier molecular flexibility index (Phi) is 24.7. The van der Waals surface area contributed by atoms with Gasteiger partial charge in [-0.1, -0.05) is 142 Å². The van der Waals surface area contributed by atoms with Crippen molar-refractivity contribution in [1.82, 2.24) is 10.6 Å². The van der Waals surface area contributed by atoms with Gasteiger partial charge in [0.15, 0.2) is 0 Å². The maximum Gasteiger partial charge on any atom is 0.412 e. The number of aryl methyl sites for hydroxylation is 4. The van der Waals surface area contributed by atoms with Gasteiger partial charge in [0.2, 0.25) is 0 Å². The highest BCUT2D eigenvalue weighted by Crippen LogP contribution is 2.26. The van der Waals surface area contributed by atoms with Crippen LogP contribution >= 0.6 is 0 Å². The molecule has 0 aliphatic carbocycles. The monoisotopic (exact) mass is 693 g/mol. The molecule has 2 N–H and O–H groups in total. The molecule has 0 saturated heterocycles. The predicted molar refractivity (Wildman–Crippen MR) is 211 cm³/mol. The summed E-state index contributed by atoms with van der Waals surface area (Å²) < 4.78 is 11.6. The second kappa shape index (κ2) is 28.7.